The second-order valence-electron chi connectivity index (χ2n) is 3.82. The summed E-state index contributed by atoms with van der Waals surface area (Å²) in [7, 11) is 3.69. The van der Waals surface area contributed by atoms with Crippen molar-refractivity contribution < 1.29 is 0 Å². The lowest BCUT2D eigenvalue weighted by atomic mass is 10.2. The van der Waals surface area contributed by atoms with Gasteiger partial charge in [0.1, 0.15) is 0 Å². The summed E-state index contributed by atoms with van der Waals surface area (Å²) in [5, 5.41) is 2.72. The molecule has 0 fully saturated rings. The van der Waals surface area contributed by atoms with Crippen LogP contribution in [0.5, 0.6) is 0 Å². The number of hydrogen-bond donors (Lipinski definition) is 0. The van der Waals surface area contributed by atoms with Gasteiger partial charge in [-0.05, 0) is 12.1 Å². The molecule has 2 aromatic carbocycles. The van der Waals surface area contributed by atoms with Gasteiger partial charge in [0.05, 0.1) is 0 Å². The van der Waals surface area contributed by atoms with Gasteiger partial charge in [-0.3, -0.25) is 0 Å². The first-order chi connectivity index (χ1) is 7.92. The summed E-state index contributed by atoms with van der Waals surface area (Å²) in [6.07, 6.45) is 1.08. The van der Waals surface area contributed by atoms with Crippen LogP contribution < -0.4 is 0 Å². The highest BCUT2D eigenvalue weighted by molar-refractivity contribution is 8.02. The molecular formula is C13H13NP2. The minimum atomic E-state index is 0.858. The molecule has 0 aliphatic rings. The number of nitrogens with zero attached hydrogens (tertiary/aromatic N) is 1. The quantitative estimate of drug-likeness (QED) is 0.596. The Morgan fingerprint density at radius 2 is 1.38 bits per heavy atom. The first kappa shape index (κ1) is 10.3. The van der Waals surface area contributed by atoms with E-state index in [1.165, 1.54) is 21.8 Å². The Morgan fingerprint density at radius 1 is 0.875 bits per heavy atom. The summed E-state index contributed by atoms with van der Waals surface area (Å²) in [6.45, 7) is 0. The lowest BCUT2D eigenvalue weighted by Crippen LogP contribution is -1.90. The van der Waals surface area contributed by atoms with Crippen LogP contribution in [-0.4, -0.2) is 4.57 Å². The number of benzene rings is 2. The normalized spacial score (nSPS) is 12.1. The van der Waals surface area contributed by atoms with Crippen LogP contribution >= 0.6 is 17.2 Å². The maximum atomic E-state index is 2.83. The van der Waals surface area contributed by atoms with Crippen molar-refractivity contribution in [3.63, 3.8) is 0 Å². The highest BCUT2D eigenvalue weighted by atomic mass is 32.0. The van der Waals surface area contributed by atoms with Crippen molar-refractivity contribution in [3.05, 3.63) is 48.5 Å². The van der Waals surface area contributed by atoms with Crippen molar-refractivity contribution in [1.29, 1.82) is 0 Å². The Balaban J connectivity index is 2.49. The van der Waals surface area contributed by atoms with E-state index in [1.54, 1.807) is 0 Å². The Morgan fingerprint density at radius 3 is 1.88 bits per heavy atom. The zero-order valence-electron chi connectivity index (χ0n) is 8.85. The zero-order valence-corrected chi connectivity index (χ0v) is 11.0. The first-order valence-electron chi connectivity index (χ1n) is 5.31. The van der Waals surface area contributed by atoms with Crippen molar-refractivity contribution in [2.24, 2.45) is 0 Å². The van der Waals surface area contributed by atoms with Crippen LogP contribution in [0.15, 0.2) is 48.5 Å². The third kappa shape index (κ3) is 1.47. The summed E-state index contributed by atoms with van der Waals surface area (Å²) >= 11 is 0. The van der Waals surface area contributed by atoms with E-state index >= 15 is 0 Å². The monoisotopic (exact) mass is 245 g/mol. The van der Waals surface area contributed by atoms with Crippen molar-refractivity contribution in [3.8, 4) is 0 Å². The molecule has 0 bridgehead atoms. The SMILES string of the molecule is PPCn1c2ccccc2c2ccccc21. The van der Waals surface area contributed by atoms with Gasteiger partial charge >= 0.3 is 0 Å². The number of aromatic nitrogens is 1. The summed E-state index contributed by atoms with van der Waals surface area (Å²) in [5.41, 5.74) is 2.69. The molecule has 3 aromatic rings. The molecule has 0 aliphatic carbocycles. The Kier molecular flexibility index (Phi) is 2.67. The van der Waals surface area contributed by atoms with E-state index in [9.17, 15) is 0 Å². The molecule has 3 heteroatoms. The van der Waals surface area contributed by atoms with Crippen LogP contribution in [0.2, 0.25) is 0 Å². The van der Waals surface area contributed by atoms with Gasteiger partial charge in [0.25, 0.3) is 0 Å². The van der Waals surface area contributed by atoms with E-state index in [-0.39, 0.29) is 0 Å². The summed E-state index contributed by atoms with van der Waals surface area (Å²) in [4.78, 5) is 0. The van der Waals surface area contributed by atoms with Gasteiger partial charge in [0.15, 0.2) is 0 Å². The minimum absolute atomic E-state index is 0.858. The average molecular weight is 245 g/mol. The number of hydrogen-bond acceptors (Lipinski definition) is 0. The minimum Gasteiger partial charge on any atom is -0.336 e. The van der Waals surface area contributed by atoms with E-state index in [0.717, 1.165) is 14.6 Å². The largest absolute Gasteiger partial charge is 0.336 e. The van der Waals surface area contributed by atoms with E-state index in [4.69, 9.17) is 0 Å². The molecule has 0 radical (unpaired) electrons. The molecular weight excluding hydrogens is 232 g/mol. The molecule has 1 aromatic heterocycles. The number of para-hydroxylation sites is 2. The van der Waals surface area contributed by atoms with Crippen molar-refractivity contribution in [2.45, 2.75) is 6.29 Å². The molecule has 0 amide bonds. The molecule has 0 aliphatic heterocycles. The van der Waals surface area contributed by atoms with Crippen LogP contribution in [0.1, 0.15) is 0 Å². The van der Waals surface area contributed by atoms with Gasteiger partial charge in [-0.15, -0.1) is 8.93 Å². The van der Waals surface area contributed by atoms with Crippen LogP contribution in [0.4, 0.5) is 0 Å². The van der Waals surface area contributed by atoms with Crippen LogP contribution in [0.25, 0.3) is 21.8 Å². The van der Waals surface area contributed by atoms with Gasteiger partial charge in [-0.25, -0.2) is 0 Å². The zero-order chi connectivity index (χ0) is 11.0. The fraction of sp³-hybridized carbons (Fsp3) is 0.0769. The van der Waals surface area contributed by atoms with Crippen LogP contribution in [0.3, 0.4) is 0 Å². The molecule has 3 rings (SSSR count). The van der Waals surface area contributed by atoms with Gasteiger partial charge in [0.2, 0.25) is 0 Å². The van der Waals surface area contributed by atoms with E-state index < -0.39 is 0 Å². The fourth-order valence-electron chi connectivity index (χ4n) is 2.26. The standard InChI is InChI=1S/C13H13NP2/c15-16-9-14-12-7-3-1-5-10(12)11-6-2-4-8-13(11)14/h1-8,16H,9,15H2. The molecule has 0 saturated carbocycles. The van der Waals surface area contributed by atoms with E-state index in [2.05, 4.69) is 62.0 Å². The second-order valence-corrected chi connectivity index (χ2v) is 5.77. The maximum absolute atomic E-state index is 2.83. The summed E-state index contributed by atoms with van der Waals surface area (Å²) < 4.78 is 2.41. The molecule has 2 atom stereocenters. The lowest BCUT2D eigenvalue weighted by molar-refractivity contribution is 0.984. The molecule has 1 nitrogen and oxygen atoms in total. The van der Waals surface area contributed by atoms with Crippen molar-refractivity contribution >= 4 is 39.0 Å². The molecule has 0 N–H and O–H groups in total. The number of rotatable bonds is 2. The first-order valence-corrected chi connectivity index (χ1v) is 8.33. The molecule has 80 valence electrons. The van der Waals surface area contributed by atoms with Crippen molar-refractivity contribution in [2.75, 3.05) is 0 Å². The summed E-state index contributed by atoms with van der Waals surface area (Å²) in [6, 6.07) is 17.3. The Labute approximate surface area is 98.7 Å². The predicted octanol–water partition coefficient (Wildman–Crippen LogP) is 4.22. The number of fused-ring (bicyclic) bond motifs is 3. The average Bonchev–Trinajstić information content (AvgIpc) is 2.66. The third-order valence-electron chi connectivity index (χ3n) is 2.93. The smallest absolute Gasteiger partial charge is 0.0494 e. The van der Waals surface area contributed by atoms with Gasteiger partial charge in [0, 0.05) is 28.1 Å². The topological polar surface area (TPSA) is 4.93 Å². The van der Waals surface area contributed by atoms with E-state index in [1.807, 2.05) is 0 Å². The van der Waals surface area contributed by atoms with Gasteiger partial charge < -0.3 is 4.57 Å². The highest BCUT2D eigenvalue weighted by Crippen LogP contribution is 2.33. The maximum Gasteiger partial charge on any atom is 0.0494 e. The van der Waals surface area contributed by atoms with Gasteiger partial charge in [-0.2, -0.15) is 0 Å². The second kappa shape index (κ2) is 4.17. The third-order valence-corrected chi connectivity index (χ3v) is 3.98. The molecule has 0 spiro atoms. The predicted molar refractivity (Wildman–Crippen MR) is 77.5 cm³/mol. The molecule has 2 unspecified atom stereocenters. The highest BCUT2D eigenvalue weighted by Gasteiger charge is 2.07. The summed E-state index contributed by atoms with van der Waals surface area (Å²) in [5.74, 6) is 0. The van der Waals surface area contributed by atoms with Gasteiger partial charge in [-0.1, -0.05) is 44.7 Å². The van der Waals surface area contributed by atoms with Crippen molar-refractivity contribution in [1.82, 2.24) is 4.57 Å². The Bertz CT molecular complexity index is 589. The molecule has 0 saturated heterocycles. The van der Waals surface area contributed by atoms with Crippen LogP contribution in [-0.2, 0) is 6.29 Å². The van der Waals surface area contributed by atoms with E-state index in [0.29, 0.717) is 0 Å². The fourth-order valence-corrected chi connectivity index (χ4v) is 3.34. The molecule has 16 heavy (non-hydrogen) atoms. The Hall–Kier alpha value is -0.900. The molecule has 1 heterocycles. The van der Waals surface area contributed by atoms with Crippen LogP contribution in [0, 0.1) is 0 Å². The lowest BCUT2D eigenvalue weighted by Gasteiger charge is -2.04.